The van der Waals surface area contributed by atoms with Crippen molar-refractivity contribution in [2.24, 2.45) is 23.2 Å². The van der Waals surface area contributed by atoms with Crippen molar-refractivity contribution in [3.8, 4) is 0 Å². The Labute approximate surface area is 118 Å². The minimum Gasteiger partial charge on any atom is -0.515 e. The standard InChI is InChI=1S/C15H22O5/c1-8-5-9(17)6-10-13(8)15(2,12(19)3-4-16)7-11(18)14(10)20/h3-4,8-11,13,16-18H,5-7H2,1-2H3/b4-3-. The number of carbonyl (C=O) groups excluding carboxylic acids is 2. The first-order valence-corrected chi connectivity index (χ1v) is 7.06. The van der Waals surface area contributed by atoms with Gasteiger partial charge in [-0.2, -0.15) is 0 Å². The van der Waals surface area contributed by atoms with Gasteiger partial charge in [0.15, 0.2) is 11.6 Å². The van der Waals surface area contributed by atoms with Gasteiger partial charge < -0.3 is 15.3 Å². The zero-order valence-electron chi connectivity index (χ0n) is 11.8. The minimum absolute atomic E-state index is 0.0150. The predicted molar refractivity (Wildman–Crippen MR) is 71.9 cm³/mol. The second kappa shape index (κ2) is 5.30. The number of hydrogen-bond acceptors (Lipinski definition) is 5. The van der Waals surface area contributed by atoms with Crippen LogP contribution in [-0.4, -0.2) is 39.1 Å². The van der Waals surface area contributed by atoms with Crippen LogP contribution in [0.2, 0.25) is 0 Å². The number of rotatable bonds is 2. The first-order valence-electron chi connectivity index (χ1n) is 7.06. The van der Waals surface area contributed by atoms with Gasteiger partial charge in [-0.05, 0) is 31.1 Å². The van der Waals surface area contributed by atoms with E-state index in [-0.39, 0.29) is 29.8 Å². The second-order valence-corrected chi connectivity index (χ2v) is 6.45. The van der Waals surface area contributed by atoms with Gasteiger partial charge in [0.05, 0.1) is 12.4 Å². The third kappa shape index (κ3) is 2.29. The highest BCUT2D eigenvalue weighted by Gasteiger charge is 2.56. The van der Waals surface area contributed by atoms with E-state index >= 15 is 0 Å². The third-order valence-corrected chi connectivity index (χ3v) is 5.05. The molecule has 0 bridgehead atoms. The third-order valence-electron chi connectivity index (χ3n) is 5.05. The summed E-state index contributed by atoms with van der Waals surface area (Å²) in [4.78, 5) is 24.5. The maximum Gasteiger partial charge on any atom is 0.165 e. The number of ketones is 2. The van der Waals surface area contributed by atoms with Gasteiger partial charge in [0.25, 0.3) is 0 Å². The van der Waals surface area contributed by atoms with Crippen molar-refractivity contribution in [3.63, 3.8) is 0 Å². The van der Waals surface area contributed by atoms with Crippen molar-refractivity contribution in [2.75, 3.05) is 0 Å². The fraction of sp³-hybridized carbons (Fsp3) is 0.733. The molecule has 3 N–H and O–H groups in total. The summed E-state index contributed by atoms with van der Waals surface area (Å²) in [6, 6.07) is 0. The Balaban J connectivity index is 2.42. The number of aliphatic hydroxyl groups is 3. The summed E-state index contributed by atoms with van der Waals surface area (Å²) in [5.41, 5.74) is -0.878. The zero-order chi connectivity index (χ0) is 15.1. The molecule has 6 atom stereocenters. The van der Waals surface area contributed by atoms with Crippen LogP contribution < -0.4 is 0 Å². The molecule has 2 aliphatic rings. The van der Waals surface area contributed by atoms with Crippen LogP contribution in [0, 0.1) is 23.2 Å². The van der Waals surface area contributed by atoms with E-state index in [0.29, 0.717) is 19.1 Å². The lowest BCUT2D eigenvalue weighted by Gasteiger charge is -2.51. The number of hydrogen-bond donors (Lipinski definition) is 3. The molecule has 0 heterocycles. The monoisotopic (exact) mass is 282 g/mol. The van der Waals surface area contributed by atoms with Gasteiger partial charge in [0.2, 0.25) is 0 Å². The number of aliphatic hydroxyl groups excluding tert-OH is 3. The molecule has 0 aliphatic heterocycles. The summed E-state index contributed by atoms with van der Waals surface area (Å²) in [5.74, 6) is -1.21. The summed E-state index contributed by atoms with van der Waals surface area (Å²) in [6.07, 6.45) is 0.997. The van der Waals surface area contributed by atoms with Gasteiger partial charge in [-0.3, -0.25) is 9.59 Å². The Morgan fingerprint density at radius 1 is 1.35 bits per heavy atom. The highest BCUT2D eigenvalue weighted by molar-refractivity contribution is 5.98. The summed E-state index contributed by atoms with van der Waals surface area (Å²) in [7, 11) is 0. The topological polar surface area (TPSA) is 94.8 Å². The SMILES string of the molecule is CC1CC(O)CC2C(=O)C(O)CC(C)(C(=O)/C=C\O)C12. The van der Waals surface area contributed by atoms with Crippen LogP contribution in [0.1, 0.15) is 33.1 Å². The average molecular weight is 282 g/mol. The van der Waals surface area contributed by atoms with E-state index in [2.05, 4.69) is 0 Å². The van der Waals surface area contributed by atoms with Crippen molar-refractivity contribution in [3.05, 3.63) is 12.3 Å². The molecule has 2 rings (SSSR count). The molecule has 5 heteroatoms. The van der Waals surface area contributed by atoms with Crippen LogP contribution in [0.25, 0.3) is 0 Å². The zero-order valence-corrected chi connectivity index (χ0v) is 11.8. The van der Waals surface area contributed by atoms with E-state index in [0.717, 1.165) is 6.08 Å². The molecule has 6 unspecified atom stereocenters. The maximum atomic E-state index is 12.3. The Bertz CT molecular complexity index is 444. The predicted octanol–water partition coefficient (Wildman–Crippen LogP) is 0.990. The molecule has 0 aromatic rings. The molecule has 0 spiro atoms. The smallest absolute Gasteiger partial charge is 0.165 e. The molecule has 5 nitrogen and oxygen atoms in total. The number of carbonyl (C=O) groups is 2. The van der Waals surface area contributed by atoms with E-state index in [4.69, 9.17) is 5.11 Å². The van der Waals surface area contributed by atoms with Crippen LogP contribution >= 0.6 is 0 Å². The number of allylic oxidation sites excluding steroid dienone is 1. The van der Waals surface area contributed by atoms with E-state index in [1.54, 1.807) is 6.92 Å². The van der Waals surface area contributed by atoms with Crippen molar-refractivity contribution < 1.29 is 24.9 Å². The first kappa shape index (κ1) is 15.2. The summed E-state index contributed by atoms with van der Waals surface area (Å²) in [5, 5.41) is 28.7. The minimum atomic E-state index is -1.17. The van der Waals surface area contributed by atoms with Crippen LogP contribution in [0.5, 0.6) is 0 Å². The van der Waals surface area contributed by atoms with Crippen LogP contribution in [0.4, 0.5) is 0 Å². The van der Waals surface area contributed by atoms with Crippen molar-refractivity contribution in [2.45, 2.75) is 45.3 Å². The largest absolute Gasteiger partial charge is 0.515 e. The fourth-order valence-electron chi connectivity index (χ4n) is 4.28. The van der Waals surface area contributed by atoms with E-state index in [1.165, 1.54) is 0 Å². The molecule has 0 aromatic heterocycles. The average Bonchev–Trinajstić information content (AvgIpc) is 2.35. The maximum absolute atomic E-state index is 12.3. The van der Waals surface area contributed by atoms with Crippen molar-refractivity contribution in [1.29, 1.82) is 0 Å². The van der Waals surface area contributed by atoms with Gasteiger partial charge in [-0.1, -0.05) is 13.8 Å². The second-order valence-electron chi connectivity index (χ2n) is 6.45. The van der Waals surface area contributed by atoms with Crippen LogP contribution in [0.3, 0.4) is 0 Å². The molecule has 20 heavy (non-hydrogen) atoms. The molecule has 0 radical (unpaired) electrons. The van der Waals surface area contributed by atoms with Gasteiger partial charge in [-0.25, -0.2) is 0 Å². The number of Topliss-reactive ketones (excluding diaryl/α,β-unsaturated/α-hetero) is 1. The van der Waals surface area contributed by atoms with Gasteiger partial charge in [0, 0.05) is 17.4 Å². The van der Waals surface area contributed by atoms with Gasteiger partial charge >= 0.3 is 0 Å². The van der Waals surface area contributed by atoms with Crippen molar-refractivity contribution in [1.82, 2.24) is 0 Å². The van der Waals surface area contributed by atoms with E-state index in [1.807, 2.05) is 6.92 Å². The molecule has 0 aromatic carbocycles. The molecule has 2 saturated carbocycles. The van der Waals surface area contributed by atoms with Crippen molar-refractivity contribution >= 4 is 11.6 Å². The molecular weight excluding hydrogens is 260 g/mol. The quantitative estimate of drug-likeness (QED) is 0.518. The fourth-order valence-corrected chi connectivity index (χ4v) is 4.28. The molecule has 112 valence electrons. The van der Waals surface area contributed by atoms with E-state index in [9.17, 15) is 19.8 Å². The highest BCUT2D eigenvalue weighted by Crippen LogP contribution is 2.52. The molecule has 0 saturated heterocycles. The molecule has 0 amide bonds. The van der Waals surface area contributed by atoms with Gasteiger partial charge in [0.1, 0.15) is 6.10 Å². The van der Waals surface area contributed by atoms with Crippen LogP contribution in [0.15, 0.2) is 12.3 Å². The summed E-state index contributed by atoms with van der Waals surface area (Å²) < 4.78 is 0. The highest BCUT2D eigenvalue weighted by atomic mass is 16.3. The number of fused-ring (bicyclic) bond motifs is 1. The molecule has 2 fully saturated rings. The van der Waals surface area contributed by atoms with E-state index < -0.39 is 23.5 Å². The Morgan fingerprint density at radius 3 is 2.60 bits per heavy atom. The molecule has 2 aliphatic carbocycles. The normalized spacial score (nSPS) is 45.4. The van der Waals surface area contributed by atoms with Crippen LogP contribution in [-0.2, 0) is 9.59 Å². The Hall–Kier alpha value is -1.20. The lowest BCUT2D eigenvalue weighted by Crippen LogP contribution is -2.57. The van der Waals surface area contributed by atoms with Gasteiger partial charge in [-0.15, -0.1) is 0 Å². The summed E-state index contributed by atoms with van der Waals surface area (Å²) >= 11 is 0. The Morgan fingerprint density at radius 2 is 2.00 bits per heavy atom. The lowest BCUT2D eigenvalue weighted by atomic mass is 9.52. The summed E-state index contributed by atoms with van der Waals surface area (Å²) in [6.45, 7) is 3.68. The lowest BCUT2D eigenvalue weighted by molar-refractivity contribution is -0.160. The first-order chi connectivity index (χ1) is 9.31. The molecular formula is C15H22O5. The Kier molecular flexibility index (Phi) is 4.02.